The summed E-state index contributed by atoms with van der Waals surface area (Å²) in [6.07, 6.45) is -4.18. The summed E-state index contributed by atoms with van der Waals surface area (Å²) in [5.74, 6) is -24.7. The quantitative estimate of drug-likeness (QED) is 0.0114. The molecule has 7 rings (SSSR count). The SMILES string of the molecule is CC(C)C[C@@H]1NC(=O)[C@H](CCCNC(=N)N)NC(=O)[C@H](Cc2ccccc2)N(C)C(=O)[C@@H](CCCCN)NC(=O)[C@H](CCCNC(=N)N)NC(=O)[C@H](Cc2ccc(-c3ccccc3)cc2)NC(=O)[C@H](C(C)C)NC(=O)[C@H](Cc2c[nH]c3ccccc23)NC(=O)[C@H](CC(=O)O)NC(=O)[C@H](Cc2ccc(O)cc2)NC(=O)[C@H](CC(N)=O)NC(=O)CSC[C@@H](C(=O)N[C@@H](C)C(N)=O)NC(=O)[C@H]([C@@H](C)O)NC(=O)[C@H](C(C)C)NC1=O. The molecule has 0 aliphatic carbocycles. The Kier molecular flexibility index (Phi) is 47.1. The second kappa shape index (κ2) is 58.5. The lowest BCUT2D eigenvalue weighted by atomic mass is 9.98. The lowest BCUT2D eigenvalue weighted by molar-refractivity contribution is -0.143. The van der Waals surface area contributed by atoms with Crippen molar-refractivity contribution in [3.8, 4) is 16.9 Å². The molecule has 16 atom stereocenters. The number of fused-ring (bicyclic) bond motifs is 1. The van der Waals surface area contributed by atoms with Crippen LogP contribution in [0.4, 0.5) is 0 Å². The fourth-order valence-electron chi connectivity index (χ4n) is 15.9. The van der Waals surface area contributed by atoms with Crippen LogP contribution in [0.25, 0.3) is 22.0 Å². The van der Waals surface area contributed by atoms with Gasteiger partial charge in [-0.1, -0.05) is 157 Å². The average molecular weight is 2050 g/mol. The van der Waals surface area contributed by atoms with Gasteiger partial charge in [-0.2, -0.15) is 0 Å². The van der Waals surface area contributed by atoms with Gasteiger partial charge in [-0.05, 0) is 141 Å². The molecule has 0 spiro atoms. The molecule has 0 saturated carbocycles. The van der Waals surface area contributed by atoms with E-state index in [0.29, 0.717) is 45.8 Å². The van der Waals surface area contributed by atoms with Crippen molar-refractivity contribution in [2.45, 2.75) is 242 Å². The fourth-order valence-corrected chi connectivity index (χ4v) is 16.8. The highest BCUT2D eigenvalue weighted by atomic mass is 32.2. The Morgan fingerprint density at radius 1 is 0.452 bits per heavy atom. The van der Waals surface area contributed by atoms with E-state index >= 15 is 43.2 Å². The molecule has 0 unspecified atom stereocenters. The predicted octanol–water partition coefficient (Wildman–Crippen LogP) is -2.58. The van der Waals surface area contributed by atoms with Crippen molar-refractivity contribution < 1.29 is 102 Å². The minimum Gasteiger partial charge on any atom is -0.508 e. The number of H-pyrrole nitrogens is 1. The van der Waals surface area contributed by atoms with Crippen LogP contribution in [0.15, 0.2) is 140 Å². The Labute approximate surface area is 849 Å². The number of unbranched alkanes of at least 4 members (excludes halogenated alkanes) is 1. The normalized spacial score (nSPS) is 22.6. The molecule has 146 heavy (non-hydrogen) atoms. The van der Waals surface area contributed by atoms with Crippen molar-refractivity contribution in [3.05, 3.63) is 162 Å². The minimum atomic E-state index is -2.15. The predicted molar refractivity (Wildman–Crippen MR) is 543 cm³/mol. The number of thioether (sulfide) groups is 1. The summed E-state index contributed by atoms with van der Waals surface area (Å²) in [6, 6.07) is 10.9. The van der Waals surface area contributed by atoms with Gasteiger partial charge in [0.25, 0.3) is 0 Å². The summed E-state index contributed by atoms with van der Waals surface area (Å²) in [4.78, 5) is 269. The third-order valence-electron chi connectivity index (χ3n) is 24.0. The van der Waals surface area contributed by atoms with Gasteiger partial charge in [0, 0.05) is 68.7 Å². The van der Waals surface area contributed by atoms with E-state index in [9.17, 15) is 58.5 Å². The van der Waals surface area contributed by atoms with E-state index in [1.54, 1.807) is 107 Å². The maximum atomic E-state index is 15.7. The number of aromatic amines is 1. The van der Waals surface area contributed by atoms with Gasteiger partial charge in [0.15, 0.2) is 11.9 Å². The summed E-state index contributed by atoms with van der Waals surface area (Å²) >= 11 is 0.603. The van der Waals surface area contributed by atoms with E-state index in [-0.39, 0.29) is 88.7 Å². The van der Waals surface area contributed by atoms with E-state index in [0.717, 1.165) is 23.0 Å². The van der Waals surface area contributed by atoms with Gasteiger partial charge >= 0.3 is 5.97 Å². The highest BCUT2D eigenvalue weighted by Crippen LogP contribution is 2.25. The molecule has 0 radical (unpaired) electrons. The Morgan fingerprint density at radius 3 is 1.40 bits per heavy atom. The van der Waals surface area contributed by atoms with Crippen molar-refractivity contribution >= 4 is 141 Å². The minimum absolute atomic E-state index is 0.00195. The Morgan fingerprint density at radius 2 is 0.877 bits per heavy atom. The molecule has 6 aromatic rings. The molecule has 5 aromatic carbocycles. The second-order valence-corrected chi connectivity index (χ2v) is 38.0. The molecule has 1 saturated heterocycles. The van der Waals surface area contributed by atoms with Crippen molar-refractivity contribution in [2.75, 3.05) is 38.2 Å². The molecule has 17 amide bonds. The smallest absolute Gasteiger partial charge is 0.305 e. The number of carbonyl (C=O) groups is 18. The van der Waals surface area contributed by atoms with Crippen LogP contribution in [-0.2, 0) is 112 Å². The number of hydrogen-bond donors (Lipinski definition) is 27. The molecular weight excluding hydrogens is 1910 g/mol. The fraction of sp³-hybridized carbons (Fsp3) is 0.475. The number of aromatic hydroxyl groups is 1. The molecule has 0 bridgehead atoms. The first-order valence-corrected chi connectivity index (χ1v) is 49.3. The van der Waals surface area contributed by atoms with Crippen molar-refractivity contribution in [1.82, 2.24) is 95.0 Å². The highest BCUT2D eigenvalue weighted by molar-refractivity contribution is 8.00. The number of aromatic nitrogens is 1. The number of primary amides is 2. The molecule has 47 heteroatoms. The molecule has 1 aromatic heterocycles. The number of aliphatic hydroxyl groups excluding tert-OH is 1. The number of carbonyl (C=O) groups excluding carboxylic acids is 17. The summed E-state index contributed by atoms with van der Waals surface area (Å²) in [7, 11) is 1.30. The summed E-state index contributed by atoms with van der Waals surface area (Å²) in [6.45, 7) is 11.9. The van der Waals surface area contributed by atoms with Gasteiger partial charge in [-0.25, -0.2) is 0 Å². The lowest BCUT2D eigenvalue weighted by Gasteiger charge is -2.33. The number of para-hydroxylation sites is 1. The number of phenols is 1. The number of hydrogen-bond acceptors (Lipinski definition) is 24. The number of nitrogens with zero attached hydrogens (tertiary/aromatic N) is 1. The number of nitrogens with two attached hydrogens (primary N) is 5. The van der Waals surface area contributed by atoms with E-state index in [4.69, 9.17) is 39.5 Å². The number of guanidine groups is 2. The van der Waals surface area contributed by atoms with Gasteiger partial charge in [0.2, 0.25) is 100 Å². The zero-order valence-corrected chi connectivity index (χ0v) is 83.9. The first-order chi connectivity index (χ1) is 69.2. The summed E-state index contributed by atoms with van der Waals surface area (Å²) in [5.41, 5.74) is 32.3. The van der Waals surface area contributed by atoms with Crippen LogP contribution in [0.5, 0.6) is 5.75 Å². The van der Waals surface area contributed by atoms with Gasteiger partial charge in [-0.15, -0.1) is 11.8 Å². The zero-order chi connectivity index (χ0) is 108. The van der Waals surface area contributed by atoms with E-state index in [2.05, 4.69) is 90.1 Å². The van der Waals surface area contributed by atoms with Crippen LogP contribution >= 0.6 is 11.8 Å². The molecule has 1 fully saturated rings. The average Bonchev–Trinajstić information content (AvgIpc) is 1.63. The zero-order valence-electron chi connectivity index (χ0n) is 83.1. The number of aliphatic hydroxyl groups is 1. The number of phenolic OH excluding ortho intramolecular Hbond substituents is 1. The van der Waals surface area contributed by atoms with Crippen LogP contribution in [-0.4, -0.2) is 278 Å². The number of rotatable bonds is 33. The first-order valence-electron chi connectivity index (χ1n) is 48.1. The molecule has 1 aliphatic rings. The van der Waals surface area contributed by atoms with Crippen LogP contribution in [0.1, 0.15) is 142 Å². The number of aliphatic carboxylic acids is 1. The monoisotopic (exact) mass is 2050 g/mol. The maximum Gasteiger partial charge on any atom is 0.305 e. The molecule has 792 valence electrons. The van der Waals surface area contributed by atoms with Gasteiger partial charge in [0.1, 0.15) is 96.4 Å². The third kappa shape index (κ3) is 38.4. The number of likely N-dealkylation sites (N-methyl/N-ethyl adjacent to an activating group) is 1. The van der Waals surface area contributed by atoms with Crippen LogP contribution in [0, 0.1) is 28.6 Å². The lowest BCUT2D eigenvalue weighted by Crippen LogP contribution is -2.63. The Hall–Kier alpha value is -15.3. The highest BCUT2D eigenvalue weighted by Gasteiger charge is 2.42. The number of carboxylic acid groups (broad SMARTS) is 1. The van der Waals surface area contributed by atoms with Crippen molar-refractivity contribution in [2.24, 2.45) is 46.4 Å². The van der Waals surface area contributed by atoms with Gasteiger partial charge in [0.05, 0.1) is 24.7 Å². The van der Waals surface area contributed by atoms with Crippen LogP contribution < -0.4 is 114 Å². The molecule has 1 aliphatic heterocycles. The Bertz CT molecular complexity index is 5520. The number of amides is 17. The topological polar surface area (TPSA) is 757 Å². The standard InChI is InChI=1S/C99H139N25O21S/c1-52(2)42-69-90(138)122-81(54(5)6)95(143)123-82(56(8)125)96(144)120-75(92(140)110-55(7)83(102)131)50-146-51-78(128)111-73(47-77(101)127)88(136)116-70(44-59-33-37-63(126)38-34-59)87(135)118-74(48-79(129)130)89(137)117-72(46-62-49-109-65-27-17-16-26-64(62)65)91(139)121-80(53(3)4)94(142)119-71(43-58-31-35-61(36-32-58)60-24-14-11-15-25-60)86(134)112-66(29-20-40-107-98(103)104)84(132)114-68(28-18-19-39-100)97(145)124(9)76(45-57-22-12-10-13-23-57)93(141)113-67(85(133)115-69)30-21-41-108-99(105)106/h10-17,22-27,31-38,49,52-56,66-76,80-82,109,125-126H,18-21,28-30,39-48,50-51,100H2,1-9H3,(H2,101,127)(H2,102,131)(H,110,140)(H,111,128)(H,112,134)(H,113,141)(H,114,132)(H,115,133)(H,116,136)(H,117,137)(H,118,135)(H,119,142)(H,120,144)(H,121,139)(H,122,138)(H,123,143)(H,129,130)(H4,103,104,107)(H4,105,106,108)/t55-,56+,66-,67-,68+,69-,70-,71-,72-,73-,74-,75-,76-,80-,81-,82-/m0/s1. The largest absolute Gasteiger partial charge is 0.508 e. The van der Waals surface area contributed by atoms with Crippen molar-refractivity contribution in [1.29, 1.82) is 10.8 Å². The third-order valence-corrected chi connectivity index (χ3v) is 25.0. The second-order valence-electron chi connectivity index (χ2n) is 37.0. The first kappa shape index (κ1) is 118. The number of benzene rings is 5. The summed E-state index contributed by atoms with van der Waals surface area (Å²) < 4.78 is 0. The van der Waals surface area contributed by atoms with E-state index in [1.807, 2.05) is 30.3 Å². The van der Waals surface area contributed by atoms with Crippen molar-refractivity contribution in [3.63, 3.8) is 0 Å². The molecule has 32 N–H and O–H groups in total. The summed E-state index contributed by atoms with van der Waals surface area (Å²) in [5, 5.41) is 89.9. The molecular formula is C99H139N25O21S. The Balaban J connectivity index is 1.39. The number of carboxylic acids is 1. The maximum absolute atomic E-state index is 15.7. The van der Waals surface area contributed by atoms with Gasteiger partial charge < -0.3 is 139 Å². The molecule has 46 nitrogen and oxygen atoms in total. The van der Waals surface area contributed by atoms with Crippen LogP contribution in [0.3, 0.4) is 0 Å². The van der Waals surface area contributed by atoms with Gasteiger partial charge in [-0.3, -0.25) is 97.1 Å². The van der Waals surface area contributed by atoms with E-state index in [1.165, 1.54) is 58.3 Å². The van der Waals surface area contributed by atoms with E-state index < -0.39 is 270 Å². The van der Waals surface area contributed by atoms with Crippen LogP contribution in [0.2, 0.25) is 0 Å². The molecule has 2 heterocycles. The number of nitrogens with one attached hydrogen (secondary N) is 19.